The van der Waals surface area contributed by atoms with Crippen molar-refractivity contribution in [3.05, 3.63) is 29.3 Å². The number of hydrazine groups is 1. The molecule has 0 spiro atoms. The molecule has 3 N–H and O–H groups in total. The van der Waals surface area contributed by atoms with Gasteiger partial charge in [-0.05, 0) is 37.1 Å². The number of aryl methyl sites for hydroxylation is 2. The van der Waals surface area contributed by atoms with Crippen molar-refractivity contribution in [3.8, 4) is 5.75 Å². The van der Waals surface area contributed by atoms with Crippen LogP contribution in [0.4, 0.5) is 4.79 Å². The molecule has 0 aliphatic carbocycles. The topological polar surface area (TPSA) is 64.3 Å². The Morgan fingerprint density at radius 2 is 2.08 bits per heavy atom. The predicted molar refractivity (Wildman–Crippen MR) is 49.3 cm³/mol. The minimum atomic E-state index is -0.664. The molecule has 1 aromatic rings. The van der Waals surface area contributed by atoms with Gasteiger partial charge in [-0.3, -0.25) is 5.43 Å². The van der Waals surface area contributed by atoms with Crippen LogP contribution in [0.2, 0.25) is 0 Å². The minimum Gasteiger partial charge on any atom is -0.409 e. The highest BCUT2D eigenvalue weighted by Gasteiger charge is 2.02. The number of rotatable bonds is 1. The smallest absolute Gasteiger partial charge is 0.409 e. The number of benzene rings is 1. The maximum atomic E-state index is 10.7. The van der Waals surface area contributed by atoms with E-state index in [1.807, 2.05) is 25.3 Å². The van der Waals surface area contributed by atoms with Crippen LogP contribution in [0.1, 0.15) is 11.1 Å². The lowest BCUT2D eigenvalue weighted by atomic mass is 10.1. The number of carbonyl (C=O) groups is 1. The lowest BCUT2D eigenvalue weighted by Gasteiger charge is -2.05. The van der Waals surface area contributed by atoms with E-state index in [-0.39, 0.29) is 0 Å². The molecule has 1 rings (SSSR count). The van der Waals surface area contributed by atoms with E-state index in [2.05, 4.69) is 0 Å². The molecule has 0 radical (unpaired) electrons. The first kappa shape index (κ1) is 9.54. The van der Waals surface area contributed by atoms with E-state index in [1.165, 1.54) is 0 Å². The van der Waals surface area contributed by atoms with E-state index in [0.29, 0.717) is 5.75 Å². The van der Waals surface area contributed by atoms with Gasteiger partial charge in [-0.2, -0.15) is 0 Å². The summed E-state index contributed by atoms with van der Waals surface area (Å²) in [6.07, 6.45) is -0.664. The molecule has 4 heteroatoms. The van der Waals surface area contributed by atoms with Crippen LogP contribution in [-0.4, -0.2) is 6.09 Å². The van der Waals surface area contributed by atoms with Crippen LogP contribution < -0.4 is 16.0 Å². The van der Waals surface area contributed by atoms with Crippen LogP contribution in [-0.2, 0) is 0 Å². The lowest BCUT2D eigenvalue weighted by molar-refractivity contribution is 0.200. The van der Waals surface area contributed by atoms with Crippen molar-refractivity contribution in [2.24, 2.45) is 5.84 Å². The zero-order valence-electron chi connectivity index (χ0n) is 7.63. The first-order chi connectivity index (χ1) is 6.13. The standard InChI is InChI=1S/C9H12N2O2/c1-6-3-4-8(5-7(6)2)13-9(12)11-10/h3-5H,10H2,1-2H3,(H,11,12). The summed E-state index contributed by atoms with van der Waals surface area (Å²) in [5.74, 6) is 5.36. The highest BCUT2D eigenvalue weighted by Crippen LogP contribution is 2.16. The summed E-state index contributed by atoms with van der Waals surface area (Å²) in [6, 6.07) is 5.39. The van der Waals surface area contributed by atoms with Gasteiger partial charge in [-0.15, -0.1) is 0 Å². The number of hydrogen-bond acceptors (Lipinski definition) is 3. The van der Waals surface area contributed by atoms with Crippen molar-refractivity contribution in [1.29, 1.82) is 0 Å². The van der Waals surface area contributed by atoms with Crippen LogP contribution in [0.15, 0.2) is 18.2 Å². The molecule has 0 aliphatic rings. The number of ether oxygens (including phenoxy) is 1. The highest BCUT2D eigenvalue weighted by molar-refractivity contribution is 5.69. The van der Waals surface area contributed by atoms with Crippen LogP contribution in [0.25, 0.3) is 0 Å². The molecule has 0 atom stereocenters. The third-order valence-corrected chi connectivity index (χ3v) is 1.81. The second-order valence-corrected chi connectivity index (χ2v) is 2.78. The second kappa shape index (κ2) is 3.91. The van der Waals surface area contributed by atoms with Crippen molar-refractivity contribution < 1.29 is 9.53 Å². The molecule has 0 aromatic heterocycles. The van der Waals surface area contributed by atoms with Crippen molar-refractivity contribution in [2.75, 3.05) is 0 Å². The van der Waals surface area contributed by atoms with Gasteiger partial charge in [-0.1, -0.05) is 6.07 Å². The largest absolute Gasteiger partial charge is 0.426 e. The molecule has 0 aliphatic heterocycles. The fourth-order valence-corrected chi connectivity index (χ4v) is 0.914. The summed E-state index contributed by atoms with van der Waals surface area (Å²) in [4.78, 5) is 10.7. The molecule has 0 fully saturated rings. The van der Waals surface area contributed by atoms with E-state index in [0.717, 1.165) is 11.1 Å². The molecular weight excluding hydrogens is 168 g/mol. The number of nitrogens with two attached hydrogens (primary N) is 1. The van der Waals surface area contributed by atoms with Crippen LogP contribution in [0, 0.1) is 13.8 Å². The molecule has 1 amide bonds. The van der Waals surface area contributed by atoms with Gasteiger partial charge in [0.2, 0.25) is 0 Å². The fraction of sp³-hybridized carbons (Fsp3) is 0.222. The van der Waals surface area contributed by atoms with Gasteiger partial charge < -0.3 is 4.74 Å². The third kappa shape index (κ3) is 2.45. The van der Waals surface area contributed by atoms with Crippen molar-refractivity contribution in [3.63, 3.8) is 0 Å². The average Bonchev–Trinajstić information content (AvgIpc) is 2.11. The van der Waals surface area contributed by atoms with Crippen molar-refractivity contribution in [1.82, 2.24) is 5.43 Å². The molecule has 1 aromatic carbocycles. The maximum Gasteiger partial charge on any atom is 0.426 e. The van der Waals surface area contributed by atoms with E-state index in [4.69, 9.17) is 10.6 Å². The van der Waals surface area contributed by atoms with Crippen LogP contribution in [0.5, 0.6) is 5.75 Å². The Labute approximate surface area is 76.7 Å². The normalized spacial score (nSPS) is 9.46. The van der Waals surface area contributed by atoms with E-state index >= 15 is 0 Å². The predicted octanol–water partition coefficient (Wildman–Crippen LogP) is 1.27. The summed E-state index contributed by atoms with van der Waals surface area (Å²) >= 11 is 0. The third-order valence-electron chi connectivity index (χ3n) is 1.81. The van der Waals surface area contributed by atoms with Gasteiger partial charge in [0.25, 0.3) is 0 Å². The molecule has 0 saturated heterocycles. The molecule has 4 nitrogen and oxygen atoms in total. The Balaban J connectivity index is 2.79. The van der Waals surface area contributed by atoms with Gasteiger partial charge in [0.1, 0.15) is 5.75 Å². The number of carbonyl (C=O) groups excluding carboxylic acids is 1. The van der Waals surface area contributed by atoms with E-state index in [1.54, 1.807) is 12.1 Å². The van der Waals surface area contributed by atoms with Gasteiger partial charge in [0.15, 0.2) is 0 Å². The van der Waals surface area contributed by atoms with Crippen molar-refractivity contribution >= 4 is 6.09 Å². The molecule has 13 heavy (non-hydrogen) atoms. The van der Waals surface area contributed by atoms with E-state index in [9.17, 15) is 4.79 Å². The summed E-state index contributed by atoms with van der Waals surface area (Å²) in [6.45, 7) is 3.94. The van der Waals surface area contributed by atoms with Gasteiger partial charge in [0, 0.05) is 0 Å². The molecule has 0 saturated carbocycles. The fourth-order valence-electron chi connectivity index (χ4n) is 0.914. The first-order valence-electron chi connectivity index (χ1n) is 3.89. The Morgan fingerprint density at radius 1 is 1.38 bits per heavy atom. The summed E-state index contributed by atoms with van der Waals surface area (Å²) in [7, 11) is 0. The molecule has 0 unspecified atom stereocenters. The van der Waals surface area contributed by atoms with Crippen LogP contribution in [0.3, 0.4) is 0 Å². The maximum absolute atomic E-state index is 10.7. The Kier molecular flexibility index (Phi) is 2.87. The lowest BCUT2D eigenvalue weighted by Crippen LogP contribution is -2.32. The quantitative estimate of drug-likeness (QED) is 0.388. The molecule has 0 bridgehead atoms. The SMILES string of the molecule is Cc1ccc(OC(=O)NN)cc1C. The first-order valence-corrected chi connectivity index (χ1v) is 3.89. The number of hydrogen-bond donors (Lipinski definition) is 2. The van der Waals surface area contributed by atoms with Gasteiger partial charge >= 0.3 is 6.09 Å². The van der Waals surface area contributed by atoms with Gasteiger partial charge in [0.05, 0.1) is 0 Å². The Bertz CT molecular complexity index is 323. The second-order valence-electron chi connectivity index (χ2n) is 2.78. The molecule has 0 heterocycles. The van der Waals surface area contributed by atoms with Crippen LogP contribution >= 0.6 is 0 Å². The van der Waals surface area contributed by atoms with E-state index < -0.39 is 6.09 Å². The Morgan fingerprint density at radius 3 is 2.62 bits per heavy atom. The van der Waals surface area contributed by atoms with Crippen molar-refractivity contribution in [2.45, 2.75) is 13.8 Å². The monoisotopic (exact) mass is 180 g/mol. The zero-order valence-corrected chi connectivity index (χ0v) is 7.63. The highest BCUT2D eigenvalue weighted by atomic mass is 16.6. The summed E-state index contributed by atoms with van der Waals surface area (Å²) < 4.78 is 4.82. The summed E-state index contributed by atoms with van der Waals surface area (Å²) in [5.41, 5.74) is 4.11. The zero-order chi connectivity index (χ0) is 9.84. The molecular formula is C9H12N2O2. The average molecular weight is 180 g/mol. The van der Waals surface area contributed by atoms with Gasteiger partial charge in [-0.25, -0.2) is 10.6 Å². The summed E-state index contributed by atoms with van der Waals surface area (Å²) in [5, 5.41) is 0. The Hall–Kier alpha value is -1.55. The number of nitrogens with one attached hydrogen (secondary N) is 1. The minimum absolute atomic E-state index is 0.492. The molecule has 70 valence electrons. The number of amides is 1.